The maximum atomic E-state index is 13.4. The molecule has 0 unspecified atom stereocenters. The van der Waals surface area contributed by atoms with Crippen molar-refractivity contribution in [1.82, 2.24) is 9.80 Å². The first-order chi connectivity index (χ1) is 20.0. The highest BCUT2D eigenvalue weighted by molar-refractivity contribution is 6.30. The van der Waals surface area contributed by atoms with Crippen molar-refractivity contribution in [1.29, 1.82) is 0 Å². The third-order valence-corrected chi connectivity index (χ3v) is 8.64. The zero-order valence-corrected chi connectivity index (χ0v) is 24.2. The standard InChI is InChI=1S/C29H36ClN3O2.C2HF3O2/c30-25-12-10-23(11-13-25)29(35)32-20-24-6-4-5-9-27(24)33(28(34)21-32)19-16-22-14-17-31(18-15-22)26-7-2-1-3-8-26;3-2(4,5)1(6)7/h4-6,9-13,22,26H,1-3,7-8,14-21H2;(H,6,7). The van der Waals surface area contributed by atoms with Gasteiger partial charge in [-0.1, -0.05) is 49.1 Å². The number of para-hydroxylation sites is 1. The molecule has 7 nitrogen and oxygen atoms in total. The molecule has 0 bridgehead atoms. The summed E-state index contributed by atoms with van der Waals surface area (Å²) in [4.78, 5) is 41.8. The van der Waals surface area contributed by atoms with E-state index in [1.54, 1.807) is 29.2 Å². The van der Waals surface area contributed by atoms with E-state index in [2.05, 4.69) is 4.90 Å². The van der Waals surface area contributed by atoms with Crippen LogP contribution in [0.1, 0.15) is 67.3 Å². The summed E-state index contributed by atoms with van der Waals surface area (Å²) in [6, 6.07) is 15.7. The lowest BCUT2D eigenvalue weighted by atomic mass is 9.89. The van der Waals surface area contributed by atoms with Crippen molar-refractivity contribution in [2.24, 2.45) is 5.92 Å². The average Bonchev–Trinajstić information content (AvgIpc) is 3.12. The molecule has 42 heavy (non-hydrogen) atoms. The van der Waals surface area contributed by atoms with Gasteiger partial charge in [-0.05, 0) is 87.0 Å². The molecule has 2 aliphatic heterocycles. The number of amides is 2. The molecule has 228 valence electrons. The fourth-order valence-electron chi connectivity index (χ4n) is 6.08. The minimum absolute atomic E-state index is 0.00287. The zero-order chi connectivity index (χ0) is 30.3. The number of halogens is 4. The van der Waals surface area contributed by atoms with Crippen LogP contribution in [0.15, 0.2) is 48.5 Å². The molecule has 5 rings (SSSR count). The van der Waals surface area contributed by atoms with E-state index in [-0.39, 0.29) is 18.4 Å². The summed E-state index contributed by atoms with van der Waals surface area (Å²) in [7, 11) is 0. The van der Waals surface area contributed by atoms with Crippen LogP contribution in [0.4, 0.5) is 18.9 Å². The van der Waals surface area contributed by atoms with E-state index in [9.17, 15) is 22.8 Å². The number of hydrogen-bond acceptors (Lipinski definition) is 4. The first-order valence-corrected chi connectivity index (χ1v) is 14.9. The van der Waals surface area contributed by atoms with Crippen LogP contribution in [0.5, 0.6) is 0 Å². The Morgan fingerprint density at radius 3 is 2.14 bits per heavy atom. The van der Waals surface area contributed by atoms with Gasteiger partial charge in [0, 0.05) is 35.4 Å². The molecule has 2 fully saturated rings. The van der Waals surface area contributed by atoms with Crippen molar-refractivity contribution >= 4 is 35.1 Å². The van der Waals surface area contributed by atoms with Gasteiger partial charge in [-0.2, -0.15) is 13.2 Å². The van der Waals surface area contributed by atoms with Crippen LogP contribution < -0.4 is 4.90 Å². The largest absolute Gasteiger partial charge is 0.490 e. The Hall–Kier alpha value is -3.11. The number of hydrogen-bond donors (Lipinski definition) is 1. The van der Waals surface area contributed by atoms with E-state index in [1.807, 2.05) is 29.2 Å². The van der Waals surface area contributed by atoms with Gasteiger partial charge in [-0.3, -0.25) is 9.59 Å². The van der Waals surface area contributed by atoms with Gasteiger partial charge in [-0.15, -0.1) is 0 Å². The molecule has 3 aliphatic rings. The second-order valence-electron chi connectivity index (χ2n) is 11.2. The van der Waals surface area contributed by atoms with Gasteiger partial charge in [0.15, 0.2) is 0 Å². The molecule has 2 heterocycles. The van der Waals surface area contributed by atoms with Crippen LogP contribution in [0, 0.1) is 5.92 Å². The highest BCUT2D eigenvalue weighted by atomic mass is 35.5. The van der Waals surface area contributed by atoms with Crippen LogP contribution in [-0.2, 0) is 16.1 Å². The molecule has 0 atom stereocenters. The molecule has 0 radical (unpaired) electrons. The van der Waals surface area contributed by atoms with Gasteiger partial charge in [0.05, 0.1) is 0 Å². The molecular formula is C31H37ClF3N3O4. The second kappa shape index (κ2) is 14.4. The van der Waals surface area contributed by atoms with Crippen molar-refractivity contribution in [2.45, 2.75) is 70.1 Å². The number of benzene rings is 2. The highest BCUT2D eigenvalue weighted by Gasteiger charge is 2.38. The molecule has 1 N–H and O–H groups in total. The Balaban J connectivity index is 0.000000517. The number of piperidine rings is 1. The smallest absolute Gasteiger partial charge is 0.475 e. The van der Waals surface area contributed by atoms with E-state index >= 15 is 0 Å². The number of rotatable bonds is 5. The fraction of sp³-hybridized carbons (Fsp3) is 0.516. The summed E-state index contributed by atoms with van der Waals surface area (Å²) in [5.41, 5.74) is 2.52. The summed E-state index contributed by atoms with van der Waals surface area (Å²) < 4.78 is 31.7. The van der Waals surface area contributed by atoms with E-state index in [0.29, 0.717) is 29.6 Å². The lowest BCUT2D eigenvalue weighted by molar-refractivity contribution is -0.192. The normalized spacial score (nSPS) is 19.0. The molecule has 0 aromatic heterocycles. The topological polar surface area (TPSA) is 81.2 Å². The third-order valence-electron chi connectivity index (χ3n) is 8.39. The molecule has 11 heteroatoms. The van der Waals surface area contributed by atoms with Gasteiger partial charge in [0.1, 0.15) is 6.54 Å². The van der Waals surface area contributed by atoms with E-state index < -0.39 is 12.1 Å². The van der Waals surface area contributed by atoms with Crippen molar-refractivity contribution in [3.8, 4) is 0 Å². The summed E-state index contributed by atoms with van der Waals surface area (Å²) in [5.74, 6) is -2.24. The average molecular weight is 608 g/mol. The predicted molar refractivity (Wildman–Crippen MR) is 154 cm³/mol. The fourth-order valence-corrected chi connectivity index (χ4v) is 6.21. The number of aliphatic carboxylic acids is 1. The lowest BCUT2D eigenvalue weighted by Crippen LogP contribution is -2.43. The van der Waals surface area contributed by atoms with Crippen LogP contribution in [0.2, 0.25) is 5.02 Å². The Labute approximate surface area is 249 Å². The number of carbonyl (C=O) groups excluding carboxylic acids is 2. The highest BCUT2D eigenvalue weighted by Crippen LogP contribution is 2.31. The van der Waals surface area contributed by atoms with Crippen molar-refractivity contribution in [3.05, 3.63) is 64.7 Å². The molecule has 1 aliphatic carbocycles. The number of anilines is 1. The Bertz CT molecular complexity index is 1230. The predicted octanol–water partition coefficient (Wildman–Crippen LogP) is 6.40. The second-order valence-corrected chi connectivity index (χ2v) is 11.6. The number of carboxylic acid groups (broad SMARTS) is 1. The van der Waals surface area contributed by atoms with Crippen molar-refractivity contribution in [2.75, 3.05) is 31.1 Å². The van der Waals surface area contributed by atoms with Gasteiger partial charge < -0.3 is 19.8 Å². The maximum Gasteiger partial charge on any atom is 0.490 e. The number of fused-ring (bicyclic) bond motifs is 1. The molecule has 1 saturated carbocycles. The first-order valence-electron chi connectivity index (χ1n) is 14.5. The van der Waals surface area contributed by atoms with Crippen molar-refractivity contribution in [3.63, 3.8) is 0 Å². The van der Waals surface area contributed by atoms with Crippen LogP contribution >= 0.6 is 11.6 Å². The summed E-state index contributed by atoms with van der Waals surface area (Å²) in [5, 5.41) is 7.72. The first kappa shape index (κ1) is 31.8. The number of likely N-dealkylation sites (tertiary alicyclic amines) is 1. The van der Waals surface area contributed by atoms with E-state index in [4.69, 9.17) is 21.5 Å². The van der Waals surface area contributed by atoms with Crippen LogP contribution in [0.25, 0.3) is 0 Å². The maximum absolute atomic E-state index is 13.4. The number of nitrogens with zero attached hydrogens (tertiary/aromatic N) is 3. The van der Waals surface area contributed by atoms with Crippen LogP contribution in [-0.4, -0.2) is 71.1 Å². The summed E-state index contributed by atoms with van der Waals surface area (Å²) >= 11 is 6.00. The van der Waals surface area contributed by atoms with Gasteiger partial charge in [0.25, 0.3) is 5.91 Å². The van der Waals surface area contributed by atoms with Gasteiger partial charge in [-0.25, -0.2) is 4.79 Å². The summed E-state index contributed by atoms with van der Waals surface area (Å²) in [6.45, 7) is 3.63. The Morgan fingerprint density at radius 1 is 0.905 bits per heavy atom. The van der Waals surface area contributed by atoms with E-state index in [0.717, 1.165) is 23.7 Å². The molecule has 2 aromatic rings. The van der Waals surface area contributed by atoms with Gasteiger partial charge in [0.2, 0.25) is 5.91 Å². The third kappa shape index (κ3) is 8.47. The molecular weight excluding hydrogens is 571 g/mol. The van der Waals surface area contributed by atoms with Crippen molar-refractivity contribution < 1.29 is 32.7 Å². The molecule has 2 aromatic carbocycles. The van der Waals surface area contributed by atoms with Gasteiger partial charge >= 0.3 is 12.1 Å². The Morgan fingerprint density at radius 2 is 1.52 bits per heavy atom. The molecule has 0 spiro atoms. The Kier molecular flexibility index (Phi) is 10.9. The molecule has 1 saturated heterocycles. The SMILES string of the molecule is O=C(O)C(F)(F)F.O=C(c1ccc(Cl)cc1)N1CC(=O)N(CCC2CCN(C3CCCCC3)CC2)c2ccccc2C1. The zero-order valence-electron chi connectivity index (χ0n) is 23.5. The summed E-state index contributed by atoms with van der Waals surface area (Å²) in [6.07, 6.45) is 5.30. The number of alkyl halides is 3. The minimum Gasteiger partial charge on any atom is -0.475 e. The lowest BCUT2D eigenvalue weighted by Gasteiger charge is -2.39. The monoisotopic (exact) mass is 607 g/mol. The van der Waals surface area contributed by atoms with Crippen LogP contribution in [0.3, 0.4) is 0 Å². The minimum atomic E-state index is -5.08. The molecule has 2 amide bonds. The van der Waals surface area contributed by atoms with E-state index in [1.165, 1.54) is 58.0 Å². The number of carboxylic acids is 1. The number of carbonyl (C=O) groups is 3. The quantitative estimate of drug-likeness (QED) is 0.426.